The highest BCUT2D eigenvalue weighted by atomic mass is 19.4. The van der Waals surface area contributed by atoms with Gasteiger partial charge in [0.2, 0.25) is 5.91 Å². The average molecular weight is 427 g/mol. The fourth-order valence-corrected chi connectivity index (χ4v) is 3.41. The zero-order valence-electron chi connectivity index (χ0n) is 16.4. The topological polar surface area (TPSA) is 63.7 Å². The van der Waals surface area contributed by atoms with Crippen LogP contribution < -0.4 is 19.7 Å². The van der Waals surface area contributed by atoms with Crippen molar-refractivity contribution in [3.63, 3.8) is 0 Å². The van der Waals surface area contributed by atoms with Gasteiger partial charge in [-0.15, -0.1) is 13.2 Å². The summed E-state index contributed by atoms with van der Waals surface area (Å²) < 4.78 is 60.2. The lowest BCUT2D eigenvalue weighted by Crippen LogP contribution is -2.44. The molecule has 3 rings (SSSR count). The van der Waals surface area contributed by atoms with Crippen LogP contribution in [0.25, 0.3) is 11.3 Å². The number of ether oxygens (including phenoxy) is 2. The molecule has 2 heterocycles. The van der Waals surface area contributed by atoms with Gasteiger partial charge in [-0.2, -0.15) is 0 Å². The van der Waals surface area contributed by atoms with Gasteiger partial charge in [-0.05, 0) is 37.1 Å². The first kappa shape index (κ1) is 21.7. The molecule has 10 heteroatoms. The van der Waals surface area contributed by atoms with E-state index in [2.05, 4.69) is 19.9 Å². The standard InChI is InChI=1S/C20H21F4N3O3/c1-12(28)26-14-5-7-27(8-6-14)17-10-16(25-11-19(17)29-2)13-3-4-18(15(21)9-13)30-20(22,23)24/h3-4,9-11,14H,5-8H2,1-2H3,(H,26,28). The Morgan fingerprint density at radius 1 is 1.20 bits per heavy atom. The summed E-state index contributed by atoms with van der Waals surface area (Å²) in [4.78, 5) is 17.5. The third-order valence-corrected chi connectivity index (χ3v) is 4.76. The monoisotopic (exact) mass is 427 g/mol. The number of nitrogens with one attached hydrogen (secondary N) is 1. The number of aromatic nitrogens is 1. The number of methoxy groups -OCH3 is 1. The third-order valence-electron chi connectivity index (χ3n) is 4.76. The molecular weight excluding hydrogens is 406 g/mol. The Bertz CT molecular complexity index is 913. The quantitative estimate of drug-likeness (QED) is 0.734. The molecule has 1 amide bonds. The Morgan fingerprint density at radius 2 is 1.90 bits per heavy atom. The highest BCUT2D eigenvalue weighted by Gasteiger charge is 2.32. The molecule has 6 nitrogen and oxygen atoms in total. The highest BCUT2D eigenvalue weighted by molar-refractivity contribution is 5.73. The molecule has 0 bridgehead atoms. The average Bonchev–Trinajstić information content (AvgIpc) is 2.68. The minimum Gasteiger partial charge on any atom is -0.493 e. The van der Waals surface area contributed by atoms with Crippen LogP contribution in [-0.2, 0) is 4.79 Å². The number of hydrogen-bond donors (Lipinski definition) is 1. The molecule has 1 aromatic carbocycles. The molecule has 0 radical (unpaired) electrons. The molecule has 162 valence electrons. The van der Waals surface area contributed by atoms with Crippen molar-refractivity contribution in [1.29, 1.82) is 0 Å². The van der Waals surface area contributed by atoms with Crippen LogP contribution in [-0.4, -0.2) is 43.5 Å². The van der Waals surface area contributed by atoms with Gasteiger partial charge in [0, 0.05) is 31.6 Å². The minimum atomic E-state index is -4.97. The molecule has 1 saturated heterocycles. The van der Waals surface area contributed by atoms with E-state index < -0.39 is 17.9 Å². The molecule has 1 aliphatic heterocycles. The fraction of sp³-hybridized carbons (Fsp3) is 0.400. The number of alkyl halides is 3. The van der Waals surface area contributed by atoms with Crippen molar-refractivity contribution in [3.8, 4) is 22.8 Å². The highest BCUT2D eigenvalue weighted by Crippen LogP contribution is 2.35. The predicted molar refractivity (Wildman–Crippen MR) is 102 cm³/mol. The van der Waals surface area contributed by atoms with Crippen LogP contribution in [0.3, 0.4) is 0 Å². The number of amides is 1. The number of anilines is 1. The Labute approximate surface area is 170 Å². The molecule has 1 N–H and O–H groups in total. The van der Waals surface area contributed by atoms with Crippen molar-refractivity contribution in [3.05, 3.63) is 36.3 Å². The number of carbonyl (C=O) groups excluding carboxylic acids is 1. The third kappa shape index (κ3) is 5.31. The Hall–Kier alpha value is -3.04. The molecule has 0 aliphatic carbocycles. The Kier molecular flexibility index (Phi) is 6.33. The number of benzene rings is 1. The van der Waals surface area contributed by atoms with Crippen LogP contribution in [0.15, 0.2) is 30.5 Å². The van der Waals surface area contributed by atoms with Crippen molar-refractivity contribution < 1.29 is 31.8 Å². The van der Waals surface area contributed by atoms with Crippen LogP contribution in [0, 0.1) is 5.82 Å². The van der Waals surface area contributed by atoms with Crippen LogP contribution in [0.2, 0.25) is 0 Å². The Morgan fingerprint density at radius 3 is 2.47 bits per heavy atom. The summed E-state index contributed by atoms with van der Waals surface area (Å²) in [6.45, 7) is 2.81. The van der Waals surface area contributed by atoms with E-state index in [4.69, 9.17) is 4.74 Å². The van der Waals surface area contributed by atoms with Crippen molar-refractivity contribution in [2.24, 2.45) is 0 Å². The van der Waals surface area contributed by atoms with E-state index in [0.717, 1.165) is 30.7 Å². The first-order valence-electron chi connectivity index (χ1n) is 9.28. The molecular formula is C20H21F4N3O3. The normalized spacial score (nSPS) is 15.1. The molecule has 0 spiro atoms. The summed E-state index contributed by atoms with van der Waals surface area (Å²) in [5.74, 6) is -1.59. The fourth-order valence-electron chi connectivity index (χ4n) is 3.41. The van der Waals surface area contributed by atoms with Crippen LogP contribution in [0.4, 0.5) is 23.2 Å². The summed E-state index contributed by atoms with van der Waals surface area (Å²) in [5.41, 5.74) is 1.42. The molecule has 1 aliphatic rings. The van der Waals surface area contributed by atoms with E-state index in [1.54, 1.807) is 6.07 Å². The lowest BCUT2D eigenvalue weighted by atomic mass is 10.0. The van der Waals surface area contributed by atoms with E-state index in [-0.39, 0.29) is 11.9 Å². The summed E-state index contributed by atoms with van der Waals surface area (Å²) >= 11 is 0. The van der Waals surface area contributed by atoms with Gasteiger partial charge in [-0.25, -0.2) is 4.39 Å². The second-order valence-electron chi connectivity index (χ2n) is 6.90. The van der Waals surface area contributed by atoms with Gasteiger partial charge in [-0.3, -0.25) is 9.78 Å². The van der Waals surface area contributed by atoms with Crippen molar-refractivity contribution in [1.82, 2.24) is 10.3 Å². The number of pyridine rings is 1. The maximum Gasteiger partial charge on any atom is 0.573 e. The number of hydrogen-bond acceptors (Lipinski definition) is 5. The van der Waals surface area contributed by atoms with E-state index in [1.807, 2.05) is 0 Å². The minimum absolute atomic E-state index is 0.0720. The smallest absolute Gasteiger partial charge is 0.493 e. The van der Waals surface area contributed by atoms with Gasteiger partial charge in [-0.1, -0.05) is 0 Å². The van der Waals surface area contributed by atoms with Crippen LogP contribution in [0.1, 0.15) is 19.8 Å². The molecule has 2 aromatic rings. The Balaban J connectivity index is 1.83. The number of halogens is 4. The number of rotatable bonds is 5. The van der Waals surface area contributed by atoms with Crippen LogP contribution >= 0.6 is 0 Å². The van der Waals surface area contributed by atoms with Gasteiger partial charge in [0.25, 0.3) is 0 Å². The van der Waals surface area contributed by atoms with Crippen molar-refractivity contribution >= 4 is 11.6 Å². The zero-order chi connectivity index (χ0) is 21.9. The largest absolute Gasteiger partial charge is 0.573 e. The molecule has 1 fully saturated rings. The molecule has 0 saturated carbocycles. The van der Waals surface area contributed by atoms with Gasteiger partial charge >= 0.3 is 6.36 Å². The SMILES string of the molecule is COc1cnc(-c2ccc(OC(F)(F)F)c(F)c2)cc1N1CCC(NC(C)=O)CC1. The van der Waals surface area contributed by atoms with Gasteiger partial charge in [0.1, 0.15) is 0 Å². The van der Waals surface area contributed by atoms with E-state index >= 15 is 0 Å². The van der Waals surface area contributed by atoms with Crippen LogP contribution in [0.5, 0.6) is 11.5 Å². The van der Waals surface area contributed by atoms with Gasteiger partial charge in [0.05, 0.1) is 24.7 Å². The molecule has 1 aromatic heterocycles. The van der Waals surface area contributed by atoms with E-state index in [0.29, 0.717) is 30.1 Å². The van der Waals surface area contributed by atoms with Gasteiger partial charge < -0.3 is 19.7 Å². The first-order valence-corrected chi connectivity index (χ1v) is 9.28. The predicted octanol–water partition coefficient (Wildman–Crippen LogP) is 3.90. The maximum atomic E-state index is 14.1. The lowest BCUT2D eigenvalue weighted by Gasteiger charge is -2.34. The number of piperidine rings is 1. The first-order chi connectivity index (χ1) is 14.2. The lowest BCUT2D eigenvalue weighted by molar-refractivity contribution is -0.275. The second kappa shape index (κ2) is 8.76. The summed E-state index contributed by atoms with van der Waals surface area (Å²) in [6.07, 6.45) is -1.99. The maximum absolute atomic E-state index is 14.1. The molecule has 30 heavy (non-hydrogen) atoms. The summed E-state index contributed by atoms with van der Waals surface area (Å²) in [5, 5.41) is 2.90. The number of carbonyl (C=O) groups is 1. The summed E-state index contributed by atoms with van der Waals surface area (Å²) in [7, 11) is 1.51. The molecule has 0 atom stereocenters. The van der Waals surface area contributed by atoms with E-state index in [1.165, 1.54) is 26.3 Å². The molecule has 0 unspecified atom stereocenters. The van der Waals surface area contributed by atoms with Gasteiger partial charge in [0.15, 0.2) is 17.3 Å². The van der Waals surface area contributed by atoms with E-state index in [9.17, 15) is 22.4 Å². The summed E-state index contributed by atoms with van der Waals surface area (Å²) in [6, 6.07) is 4.98. The van der Waals surface area contributed by atoms with Crippen molar-refractivity contribution in [2.45, 2.75) is 32.2 Å². The zero-order valence-corrected chi connectivity index (χ0v) is 16.4. The number of nitrogens with zero attached hydrogens (tertiary/aromatic N) is 2. The van der Waals surface area contributed by atoms with Crippen molar-refractivity contribution in [2.75, 3.05) is 25.1 Å². The second-order valence-corrected chi connectivity index (χ2v) is 6.90.